The highest BCUT2D eigenvalue weighted by Gasteiger charge is 2.33. The Morgan fingerprint density at radius 2 is 2.06 bits per heavy atom. The largest absolute Gasteiger partial charge is 0.372 e. The standard InChI is InChI=1S/C13H23N3O/c1-2-13(15,10-14)6-3-7-16-8-11-4-5-12(9-16)17-11/h11-12H,2-9,15H2,1H3. The van der Waals surface area contributed by atoms with Crippen molar-refractivity contribution in [3.05, 3.63) is 0 Å². The van der Waals surface area contributed by atoms with Crippen molar-refractivity contribution in [1.29, 1.82) is 5.26 Å². The molecule has 2 fully saturated rings. The van der Waals surface area contributed by atoms with Crippen LogP contribution >= 0.6 is 0 Å². The molecule has 96 valence electrons. The number of hydrogen-bond acceptors (Lipinski definition) is 4. The Bertz CT molecular complexity index is 290. The van der Waals surface area contributed by atoms with Crippen LogP contribution in [0.3, 0.4) is 0 Å². The van der Waals surface area contributed by atoms with Gasteiger partial charge < -0.3 is 10.5 Å². The van der Waals surface area contributed by atoms with Crippen LogP contribution in [0.5, 0.6) is 0 Å². The summed E-state index contributed by atoms with van der Waals surface area (Å²) in [4.78, 5) is 2.47. The minimum Gasteiger partial charge on any atom is -0.372 e. The van der Waals surface area contributed by atoms with Gasteiger partial charge in [-0.15, -0.1) is 0 Å². The molecule has 2 bridgehead atoms. The van der Waals surface area contributed by atoms with Crippen molar-refractivity contribution >= 4 is 0 Å². The molecule has 3 unspecified atom stereocenters. The number of nitrogens with zero attached hydrogens (tertiary/aromatic N) is 2. The molecule has 2 N–H and O–H groups in total. The minimum atomic E-state index is -0.620. The van der Waals surface area contributed by atoms with Gasteiger partial charge in [0.25, 0.3) is 0 Å². The van der Waals surface area contributed by atoms with Gasteiger partial charge in [-0.2, -0.15) is 5.26 Å². The van der Waals surface area contributed by atoms with E-state index in [2.05, 4.69) is 11.0 Å². The summed E-state index contributed by atoms with van der Waals surface area (Å²) >= 11 is 0. The Morgan fingerprint density at radius 1 is 1.41 bits per heavy atom. The SMILES string of the molecule is CCC(N)(C#N)CCCN1CC2CCC(C1)O2. The average Bonchev–Trinajstić information content (AvgIpc) is 2.68. The van der Waals surface area contributed by atoms with Crippen LogP contribution in [-0.4, -0.2) is 42.3 Å². The fourth-order valence-electron chi connectivity index (χ4n) is 2.81. The Morgan fingerprint density at radius 3 is 2.59 bits per heavy atom. The van der Waals surface area contributed by atoms with Gasteiger partial charge in [-0.1, -0.05) is 6.92 Å². The molecule has 2 aliphatic heterocycles. The lowest BCUT2D eigenvalue weighted by atomic mass is 9.93. The molecule has 0 aromatic rings. The predicted octanol–water partition coefficient (Wildman–Crippen LogP) is 1.26. The third-order valence-electron chi connectivity index (χ3n) is 4.07. The van der Waals surface area contributed by atoms with Crippen molar-refractivity contribution in [2.75, 3.05) is 19.6 Å². The van der Waals surface area contributed by atoms with Crippen molar-refractivity contribution in [3.8, 4) is 6.07 Å². The van der Waals surface area contributed by atoms with Crippen LogP contribution in [-0.2, 0) is 4.74 Å². The van der Waals surface area contributed by atoms with Crippen molar-refractivity contribution < 1.29 is 4.74 Å². The number of likely N-dealkylation sites (tertiary alicyclic amines) is 1. The molecule has 4 nitrogen and oxygen atoms in total. The summed E-state index contributed by atoms with van der Waals surface area (Å²) in [5.74, 6) is 0. The first kappa shape index (κ1) is 12.8. The molecule has 0 amide bonds. The first-order valence-electron chi connectivity index (χ1n) is 6.73. The Hall–Kier alpha value is -0.630. The number of hydrogen-bond donors (Lipinski definition) is 1. The van der Waals surface area contributed by atoms with Crippen LogP contribution in [0, 0.1) is 11.3 Å². The van der Waals surface area contributed by atoms with E-state index < -0.39 is 5.54 Å². The van der Waals surface area contributed by atoms with E-state index >= 15 is 0 Å². The Kier molecular flexibility index (Phi) is 4.03. The van der Waals surface area contributed by atoms with Crippen LogP contribution in [0.2, 0.25) is 0 Å². The highest BCUT2D eigenvalue weighted by Crippen LogP contribution is 2.26. The lowest BCUT2D eigenvalue weighted by molar-refractivity contribution is -0.0387. The molecular weight excluding hydrogens is 214 g/mol. The number of nitrogens with two attached hydrogens (primary N) is 1. The summed E-state index contributed by atoms with van der Waals surface area (Å²) < 4.78 is 5.80. The lowest BCUT2D eigenvalue weighted by Crippen LogP contribution is -2.44. The second-order valence-electron chi connectivity index (χ2n) is 5.44. The van der Waals surface area contributed by atoms with E-state index in [9.17, 15) is 0 Å². The summed E-state index contributed by atoms with van der Waals surface area (Å²) in [6, 6.07) is 2.23. The van der Waals surface area contributed by atoms with Gasteiger partial charge in [0.1, 0.15) is 5.54 Å². The summed E-state index contributed by atoms with van der Waals surface area (Å²) in [6.07, 6.45) is 5.89. The fraction of sp³-hybridized carbons (Fsp3) is 0.923. The summed E-state index contributed by atoms with van der Waals surface area (Å²) in [7, 11) is 0. The molecule has 0 aromatic carbocycles. The van der Waals surface area contributed by atoms with Gasteiger partial charge in [0.15, 0.2) is 0 Å². The molecule has 2 rings (SSSR count). The maximum atomic E-state index is 9.01. The van der Waals surface area contributed by atoms with Gasteiger partial charge in [0, 0.05) is 13.1 Å². The number of rotatable bonds is 5. The summed E-state index contributed by atoms with van der Waals surface area (Å²) in [5.41, 5.74) is 5.36. The zero-order valence-electron chi connectivity index (χ0n) is 10.7. The monoisotopic (exact) mass is 237 g/mol. The molecule has 0 aromatic heterocycles. The molecule has 2 saturated heterocycles. The molecule has 2 heterocycles. The van der Waals surface area contributed by atoms with E-state index in [1.165, 1.54) is 12.8 Å². The van der Waals surface area contributed by atoms with Crippen molar-refractivity contribution in [3.63, 3.8) is 0 Å². The van der Waals surface area contributed by atoms with E-state index in [-0.39, 0.29) is 0 Å². The molecule has 0 aliphatic carbocycles. The van der Waals surface area contributed by atoms with Crippen molar-refractivity contribution in [1.82, 2.24) is 4.90 Å². The maximum absolute atomic E-state index is 9.01. The zero-order valence-corrected chi connectivity index (χ0v) is 10.7. The van der Waals surface area contributed by atoms with E-state index in [0.29, 0.717) is 12.2 Å². The quantitative estimate of drug-likeness (QED) is 0.782. The van der Waals surface area contributed by atoms with Crippen LogP contribution in [0.4, 0.5) is 0 Å². The first-order chi connectivity index (χ1) is 8.15. The summed E-state index contributed by atoms with van der Waals surface area (Å²) in [6.45, 7) is 5.16. The predicted molar refractivity (Wildman–Crippen MR) is 66.4 cm³/mol. The second-order valence-corrected chi connectivity index (χ2v) is 5.44. The normalized spacial score (nSPS) is 32.1. The molecule has 0 spiro atoms. The fourth-order valence-corrected chi connectivity index (χ4v) is 2.81. The van der Waals surface area contributed by atoms with Crippen molar-refractivity contribution in [2.45, 2.75) is 56.8 Å². The van der Waals surface area contributed by atoms with Crippen molar-refractivity contribution in [2.24, 2.45) is 5.73 Å². The molecule has 0 radical (unpaired) electrons. The van der Waals surface area contributed by atoms with E-state index in [4.69, 9.17) is 15.7 Å². The average molecular weight is 237 g/mol. The number of nitriles is 1. The van der Waals surface area contributed by atoms with Crippen LogP contribution in [0.25, 0.3) is 0 Å². The highest BCUT2D eigenvalue weighted by atomic mass is 16.5. The van der Waals surface area contributed by atoms with Crippen LogP contribution in [0.15, 0.2) is 0 Å². The van der Waals surface area contributed by atoms with Gasteiger partial charge in [-0.3, -0.25) is 4.90 Å². The van der Waals surface area contributed by atoms with Gasteiger partial charge in [-0.05, 0) is 38.6 Å². The third-order valence-corrected chi connectivity index (χ3v) is 4.07. The second kappa shape index (κ2) is 5.34. The van der Waals surface area contributed by atoms with Crippen LogP contribution in [0.1, 0.15) is 39.0 Å². The topological polar surface area (TPSA) is 62.3 Å². The first-order valence-corrected chi connectivity index (χ1v) is 6.73. The molecule has 0 saturated carbocycles. The van der Waals surface area contributed by atoms with Crippen LogP contribution < -0.4 is 5.73 Å². The van der Waals surface area contributed by atoms with E-state index in [1.807, 2.05) is 6.92 Å². The zero-order chi connectivity index (χ0) is 12.3. The molecule has 17 heavy (non-hydrogen) atoms. The molecule has 3 atom stereocenters. The van der Waals surface area contributed by atoms with Gasteiger partial charge in [0.05, 0.1) is 18.3 Å². The molecule has 2 aliphatic rings. The third kappa shape index (κ3) is 3.19. The Balaban J connectivity index is 1.71. The Labute approximate surface area is 104 Å². The lowest BCUT2D eigenvalue weighted by Gasteiger charge is -2.32. The molecule has 4 heteroatoms. The minimum absolute atomic E-state index is 0.457. The van der Waals surface area contributed by atoms with Gasteiger partial charge in [0.2, 0.25) is 0 Å². The van der Waals surface area contributed by atoms with E-state index in [0.717, 1.165) is 38.9 Å². The number of morpholine rings is 1. The maximum Gasteiger partial charge on any atom is 0.104 e. The van der Waals surface area contributed by atoms with Gasteiger partial charge >= 0.3 is 0 Å². The molecular formula is C13H23N3O. The highest BCUT2D eigenvalue weighted by molar-refractivity contribution is 5.03. The van der Waals surface area contributed by atoms with E-state index in [1.54, 1.807) is 0 Å². The smallest absolute Gasteiger partial charge is 0.104 e. The summed E-state index contributed by atoms with van der Waals surface area (Å²) in [5, 5.41) is 9.01. The number of fused-ring (bicyclic) bond motifs is 2. The number of ether oxygens (including phenoxy) is 1. The van der Waals surface area contributed by atoms with Gasteiger partial charge in [-0.25, -0.2) is 0 Å².